The van der Waals surface area contributed by atoms with Crippen molar-refractivity contribution in [2.45, 2.75) is 31.9 Å². The van der Waals surface area contributed by atoms with Gasteiger partial charge in [0.25, 0.3) is 17.8 Å². The number of tetrazole rings is 1. The van der Waals surface area contributed by atoms with Crippen molar-refractivity contribution in [2.24, 2.45) is 0 Å². The number of amides is 2. The zero-order valence-electron chi connectivity index (χ0n) is 24.5. The fourth-order valence-corrected chi connectivity index (χ4v) is 4.88. The Morgan fingerprint density at radius 1 is 0.870 bits per heavy atom. The number of aromatic nitrogens is 4. The lowest BCUT2D eigenvalue weighted by molar-refractivity contribution is -0.274. The van der Waals surface area contributed by atoms with E-state index in [9.17, 15) is 22.8 Å². The van der Waals surface area contributed by atoms with Crippen molar-refractivity contribution in [3.8, 4) is 11.5 Å². The van der Waals surface area contributed by atoms with Crippen LogP contribution in [0.4, 0.5) is 19.1 Å². The van der Waals surface area contributed by atoms with Crippen molar-refractivity contribution in [1.82, 2.24) is 25.5 Å². The van der Waals surface area contributed by atoms with Crippen molar-refractivity contribution in [2.75, 3.05) is 11.9 Å². The molecule has 0 fully saturated rings. The maximum Gasteiger partial charge on any atom is 0.573 e. The average Bonchev–Trinajstić information content (AvgIpc) is 3.57. The predicted octanol–water partition coefficient (Wildman–Crippen LogP) is 5.98. The number of alkyl halides is 3. The second-order valence-electron chi connectivity index (χ2n) is 10.3. The van der Waals surface area contributed by atoms with Gasteiger partial charge in [0.2, 0.25) is 0 Å². The van der Waals surface area contributed by atoms with E-state index in [1.807, 2.05) is 60.7 Å². The average molecular weight is 631 g/mol. The summed E-state index contributed by atoms with van der Waals surface area (Å²) in [5.41, 5.74) is 2.99. The summed E-state index contributed by atoms with van der Waals surface area (Å²) in [7, 11) is 0. The number of hydrogen-bond donors (Lipinski definition) is 2. The number of nitrogens with zero attached hydrogens (tertiary/aromatic N) is 4. The van der Waals surface area contributed by atoms with Crippen LogP contribution in [0.2, 0.25) is 0 Å². The lowest BCUT2D eigenvalue weighted by Crippen LogP contribution is -2.42. The van der Waals surface area contributed by atoms with Crippen LogP contribution in [0.1, 0.15) is 39.9 Å². The molecule has 0 aliphatic carbocycles. The maximum atomic E-state index is 14.1. The van der Waals surface area contributed by atoms with Gasteiger partial charge in [-0.05, 0) is 65.2 Å². The monoisotopic (exact) mass is 630 g/mol. The van der Waals surface area contributed by atoms with Crippen LogP contribution < -0.4 is 14.8 Å². The Hall–Kier alpha value is -5.72. The molecule has 0 saturated carbocycles. The fourth-order valence-electron chi connectivity index (χ4n) is 4.88. The first-order valence-electron chi connectivity index (χ1n) is 14.2. The SMILES string of the molecule is CC(Oc1ccc(OC(F)(F)F)cc1)C(=O)N(Cc1cccc(C(=O)Nc2nn[nH]n2)c1)CC(c1ccccc1)c1ccccc1. The fraction of sp³-hybridized carbons (Fsp3) is 0.182. The minimum atomic E-state index is -4.83. The number of ether oxygens (including phenoxy) is 2. The van der Waals surface area contributed by atoms with Gasteiger partial charge < -0.3 is 14.4 Å². The van der Waals surface area contributed by atoms with Crippen molar-refractivity contribution < 1.29 is 32.2 Å². The summed E-state index contributed by atoms with van der Waals surface area (Å²) in [4.78, 5) is 28.5. The molecule has 1 aromatic heterocycles. The normalized spacial score (nSPS) is 11.9. The molecule has 236 valence electrons. The van der Waals surface area contributed by atoms with Crippen LogP contribution in [0.3, 0.4) is 0 Å². The molecule has 10 nitrogen and oxygen atoms in total. The predicted molar refractivity (Wildman–Crippen MR) is 162 cm³/mol. The number of halogens is 3. The summed E-state index contributed by atoms with van der Waals surface area (Å²) in [6, 6.07) is 31.2. The van der Waals surface area contributed by atoms with Gasteiger partial charge in [-0.3, -0.25) is 14.9 Å². The van der Waals surface area contributed by atoms with E-state index in [-0.39, 0.29) is 36.6 Å². The summed E-state index contributed by atoms with van der Waals surface area (Å²) in [5, 5.41) is 15.7. The van der Waals surface area contributed by atoms with Gasteiger partial charge in [0.05, 0.1) is 0 Å². The number of carbonyl (C=O) groups excluding carboxylic acids is 2. The molecule has 5 aromatic rings. The first-order valence-corrected chi connectivity index (χ1v) is 14.2. The summed E-state index contributed by atoms with van der Waals surface area (Å²) < 4.78 is 47.6. The summed E-state index contributed by atoms with van der Waals surface area (Å²) in [5.74, 6) is -1.22. The van der Waals surface area contributed by atoms with Crippen LogP contribution in [0.25, 0.3) is 0 Å². The number of carbonyl (C=O) groups is 2. The van der Waals surface area contributed by atoms with Crippen LogP contribution in [-0.2, 0) is 11.3 Å². The Labute approximate surface area is 262 Å². The van der Waals surface area contributed by atoms with Crippen LogP contribution in [0.15, 0.2) is 109 Å². The van der Waals surface area contributed by atoms with E-state index in [1.54, 1.807) is 36.1 Å². The van der Waals surface area contributed by atoms with E-state index in [1.165, 1.54) is 12.1 Å². The van der Waals surface area contributed by atoms with Crippen molar-refractivity contribution >= 4 is 17.8 Å². The first-order chi connectivity index (χ1) is 22.1. The van der Waals surface area contributed by atoms with Gasteiger partial charge in [0, 0.05) is 24.6 Å². The molecule has 4 aromatic carbocycles. The topological polar surface area (TPSA) is 122 Å². The molecule has 2 N–H and O–H groups in total. The molecule has 2 amide bonds. The van der Waals surface area contributed by atoms with Gasteiger partial charge in [-0.2, -0.15) is 5.21 Å². The molecule has 0 bridgehead atoms. The van der Waals surface area contributed by atoms with E-state index in [0.29, 0.717) is 11.1 Å². The van der Waals surface area contributed by atoms with Gasteiger partial charge in [-0.25, -0.2) is 0 Å². The number of benzene rings is 4. The Morgan fingerprint density at radius 3 is 2.09 bits per heavy atom. The molecule has 13 heteroatoms. The highest BCUT2D eigenvalue weighted by molar-refractivity contribution is 6.03. The Kier molecular flexibility index (Phi) is 9.90. The number of anilines is 1. The largest absolute Gasteiger partial charge is 0.573 e. The second kappa shape index (κ2) is 14.4. The molecule has 0 aliphatic heterocycles. The Morgan fingerprint density at radius 2 is 1.50 bits per heavy atom. The second-order valence-corrected chi connectivity index (χ2v) is 10.3. The minimum Gasteiger partial charge on any atom is -0.481 e. The highest BCUT2D eigenvalue weighted by Gasteiger charge is 2.31. The quantitative estimate of drug-likeness (QED) is 0.174. The summed E-state index contributed by atoms with van der Waals surface area (Å²) >= 11 is 0. The first kappa shape index (κ1) is 31.7. The third-order valence-corrected chi connectivity index (χ3v) is 6.97. The lowest BCUT2D eigenvalue weighted by Gasteiger charge is -2.31. The zero-order chi connectivity index (χ0) is 32.5. The Balaban J connectivity index is 1.41. The molecule has 46 heavy (non-hydrogen) atoms. The van der Waals surface area contributed by atoms with Crippen LogP contribution in [0, 0.1) is 0 Å². The van der Waals surface area contributed by atoms with E-state index in [4.69, 9.17) is 4.74 Å². The van der Waals surface area contributed by atoms with E-state index in [0.717, 1.165) is 23.3 Å². The minimum absolute atomic E-state index is 0.0183. The van der Waals surface area contributed by atoms with Crippen LogP contribution in [0.5, 0.6) is 11.5 Å². The lowest BCUT2D eigenvalue weighted by atomic mass is 9.90. The third kappa shape index (κ3) is 8.68. The smallest absolute Gasteiger partial charge is 0.481 e. The number of rotatable bonds is 12. The highest BCUT2D eigenvalue weighted by Crippen LogP contribution is 2.28. The van der Waals surface area contributed by atoms with E-state index in [2.05, 4.69) is 30.7 Å². The van der Waals surface area contributed by atoms with Crippen molar-refractivity contribution in [3.63, 3.8) is 0 Å². The van der Waals surface area contributed by atoms with Gasteiger partial charge >= 0.3 is 6.36 Å². The molecule has 0 saturated heterocycles. The molecule has 1 unspecified atom stereocenters. The molecular weight excluding hydrogens is 601 g/mol. The van der Waals surface area contributed by atoms with Crippen LogP contribution in [-0.4, -0.2) is 56.3 Å². The van der Waals surface area contributed by atoms with Crippen molar-refractivity contribution in [3.05, 3.63) is 131 Å². The molecule has 0 aliphatic rings. The van der Waals surface area contributed by atoms with Crippen LogP contribution >= 0.6 is 0 Å². The number of H-pyrrole nitrogens is 1. The van der Waals surface area contributed by atoms with Gasteiger partial charge in [-0.1, -0.05) is 77.9 Å². The molecule has 5 rings (SSSR count). The van der Waals surface area contributed by atoms with E-state index < -0.39 is 24.1 Å². The number of nitrogens with one attached hydrogen (secondary N) is 2. The zero-order valence-corrected chi connectivity index (χ0v) is 24.5. The van der Waals surface area contributed by atoms with Crippen molar-refractivity contribution in [1.29, 1.82) is 0 Å². The maximum absolute atomic E-state index is 14.1. The highest BCUT2D eigenvalue weighted by atomic mass is 19.4. The summed E-state index contributed by atoms with van der Waals surface area (Å²) in [6.07, 6.45) is -5.84. The molecule has 1 atom stereocenters. The standard InChI is InChI=1S/C33H29F3N6O4/c1-22(45-27-15-17-28(18-16-27)46-33(34,35)36)31(44)42(21-29(24-10-4-2-5-11-24)25-12-6-3-7-13-25)20-23-9-8-14-26(19-23)30(43)37-32-38-40-41-39-32/h2-19,22,29H,20-21H2,1H3,(H2,37,38,39,40,41,43). The molecule has 0 spiro atoms. The number of hydrogen-bond acceptors (Lipinski definition) is 7. The summed E-state index contributed by atoms with van der Waals surface area (Å²) in [6.45, 7) is 1.97. The Bertz CT molecular complexity index is 1680. The van der Waals surface area contributed by atoms with Gasteiger partial charge in [-0.15, -0.1) is 18.3 Å². The molecule has 0 radical (unpaired) electrons. The van der Waals surface area contributed by atoms with Gasteiger partial charge in [0.15, 0.2) is 6.10 Å². The van der Waals surface area contributed by atoms with E-state index >= 15 is 0 Å². The third-order valence-electron chi connectivity index (χ3n) is 6.97. The number of aromatic amines is 1. The molecule has 1 heterocycles. The van der Waals surface area contributed by atoms with Gasteiger partial charge in [0.1, 0.15) is 11.5 Å². The molecular formula is C33H29F3N6O4.